The van der Waals surface area contributed by atoms with Crippen molar-refractivity contribution in [2.45, 2.75) is 25.3 Å². The predicted octanol–water partition coefficient (Wildman–Crippen LogP) is 4.84. The molecule has 0 bridgehead atoms. The predicted molar refractivity (Wildman–Crippen MR) is 169 cm³/mol. The molecule has 3 N–H and O–H groups in total. The van der Waals surface area contributed by atoms with Crippen LogP contribution in [-0.2, 0) is 14.4 Å². The number of rotatable bonds is 11. The molecule has 0 aromatic heterocycles. The number of ether oxygens (including phenoxy) is 2. The van der Waals surface area contributed by atoms with Crippen LogP contribution >= 0.6 is 48.0 Å². The van der Waals surface area contributed by atoms with E-state index < -0.39 is 17.9 Å². The highest BCUT2D eigenvalue weighted by atomic mass is 32.2. The second-order valence-electron chi connectivity index (χ2n) is 9.10. The van der Waals surface area contributed by atoms with E-state index in [4.69, 9.17) is 33.9 Å². The number of carbonyl (C=O) groups is 3. The number of phenolic OH excluding ortho intramolecular Hbond substituents is 2. The van der Waals surface area contributed by atoms with Gasteiger partial charge in [-0.05, 0) is 66.8 Å². The van der Waals surface area contributed by atoms with Gasteiger partial charge in [0.15, 0.2) is 23.0 Å². The van der Waals surface area contributed by atoms with Crippen LogP contribution in [0.3, 0.4) is 0 Å². The van der Waals surface area contributed by atoms with Crippen molar-refractivity contribution in [1.82, 2.24) is 9.80 Å². The molecule has 2 saturated heterocycles. The van der Waals surface area contributed by atoms with Crippen molar-refractivity contribution < 1.29 is 39.2 Å². The van der Waals surface area contributed by atoms with Gasteiger partial charge >= 0.3 is 5.97 Å². The molecule has 2 aliphatic rings. The first-order valence-electron chi connectivity index (χ1n) is 12.5. The van der Waals surface area contributed by atoms with Crippen LogP contribution in [0.4, 0.5) is 0 Å². The number of carbonyl (C=O) groups excluding carboxylic acids is 2. The van der Waals surface area contributed by atoms with Crippen molar-refractivity contribution in [3.63, 3.8) is 0 Å². The third kappa shape index (κ3) is 6.89. The first-order chi connectivity index (χ1) is 20.0. The number of thioether (sulfide) groups is 2. The maximum Gasteiger partial charge on any atom is 0.326 e. The van der Waals surface area contributed by atoms with Gasteiger partial charge in [0.2, 0.25) is 0 Å². The van der Waals surface area contributed by atoms with E-state index in [1.165, 1.54) is 31.3 Å². The first-order valence-corrected chi connectivity index (χ1v) is 15.0. The Labute approximate surface area is 261 Å². The van der Waals surface area contributed by atoms with Crippen molar-refractivity contribution >= 4 is 86.5 Å². The van der Waals surface area contributed by atoms with Gasteiger partial charge in [-0.3, -0.25) is 19.4 Å². The van der Waals surface area contributed by atoms with E-state index >= 15 is 0 Å². The van der Waals surface area contributed by atoms with Crippen molar-refractivity contribution in [3.05, 3.63) is 57.3 Å². The van der Waals surface area contributed by atoms with Crippen molar-refractivity contribution in [3.8, 4) is 23.0 Å². The Morgan fingerprint density at radius 2 is 1.40 bits per heavy atom. The average molecular weight is 647 g/mol. The minimum absolute atomic E-state index is 0.0119. The van der Waals surface area contributed by atoms with Crippen LogP contribution in [0.5, 0.6) is 23.0 Å². The molecule has 2 aliphatic heterocycles. The topological polar surface area (TPSA) is 137 Å². The summed E-state index contributed by atoms with van der Waals surface area (Å²) in [6.45, 7) is 0.286. The summed E-state index contributed by atoms with van der Waals surface area (Å²) < 4.78 is 10.7. The zero-order chi connectivity index (χ0) is 30.6. The Morgan fingerprint density at radius 3 is 1.93 bits per heavy atom. The monoisotopic (exact) mass is 646 g/mol. The summed E-state index contributed by atoms with van der Waals surface area (Å²) >= 11 is 12.9. The van der Waals surface area contributed by atoms with Crippen LogP contribution in [0.1, 0.15) is 30.4 Å². The number of phenols is 2. The Morgan fingerprint density at radius 1 is 0.881 bits per heavy atom. The molecule has 2 amide bonds. The van der Waals surface area contributed by atoms with Crippen LogP contribution in [-0.4, -0.2) is 78.4 Å². The molecule has 0 radical (unpaired) electrons. The van der Waals surface area contributed by atoms with E-state index in [0.29, 0.717) is 33.2 Å². The van der Waals surface area contributed by atoms with Crippen LogP contribution in [0.15, 0.2) is 46.2 Å². The summed E-state index contributed by atoms with van der Waals surface area (Å²) in [6, 6.07) is 8.16. The van der Waals surface area contributed by atoms with E-state index in [2.05, 4.69) is 0 Å². The smallest absolute Gasteiger partial charge is 0.326 e. The molecule has 0 aliphatic carbocycles. The lowest BCUT2D eigenvalue weighted by Gasteiger charge is -2.23. The van der Waals surface area contributed by atoms with Crippen molar-refractivity contribution in [2.75, 3.05) is 20.8 Å². The number of hydrogen-bond donors (Lipinski definition) is 3. The number of hydrogen-bond acceptors (Lipinski definition) is 11. The molecule has 14 heteroatoms. The summed E-state index contributed by atoms with van der Waals surface area (Å²) in [5.41, 5.74) is 1.25. The second-order valence-corrected chi connectivity index (χ2v) is 12.4. The lowest BCUT2D eigenvalue weighted by Crippen LogP contribution is -2.44. The molecule has 2 heterocycles. The molecule has 10 nitrogen and oxygen atoms in total. The summed E-state index contributed by atoms with van der Waals surface area (Å²) in [5.74, 6) is -1.51. The van der Waals surface area contributed by atoms with E-state index in [0.717, 1.165) is 28.4 Å². The standard InChI is InChI=1S/C28H26N2O8S4/c1-37-20-11-15(6-8-18(20)31)13-22-24(33)29(27(39)41-22)10-4-3-5-17(26(35)36)30-25(34)23(42-28(30)40)14-16-7-9-19(32)21(12-16)38-2/h6-9,11-14,17,31-32H,3-5,10H2,1-2H3,(H,35,36)/b22-13-,23-14-. The highest BCUT2D eigenvalue weighted by Gasteiger charge is 2.40. The highest BCUT2D eigenvalue weighted by molar-refractivity contribution is 8.27. The Balaban J connectivity index is 1.37. The third-order valence-corrected chi connectivity index (χ3v) is 9.11. The molecule has 2 aromatic carbocycles. The molecule has 220 valence electrons. The molecule has 42 heavy (non-hydrogen) atoms. The fraction of sp³-hybridized carbons (Fsp3) is 0.250. The largest absolute Gasteiger partial charge is 0.504 e. The summed E-state index contributed by atoms with van der Waals surface area (Å²) in [4.78, 5) is 41.6. The Kier molecular flexibility index (Phi) is 10.1. The van der Waals surface area contributed by atoms with Gasteiger partial charge in [-0.2, -0.15) is 0 Å². The quantitative estimate of drug-likeness (QED) is 0.175. The van der Waals surface area contributed by atoms with Gasteiger partial charge in [-0.1, -0.05) is 60.1 Å². The fourth-order valence-corrected chi connectivity index (χ4v) is 6.95. The number of unbranched alkanes of at least 4 members (excludes halogenated alkanes) is 1. The maximum atomic E-state index is 13.2. The van der Waals surface area contributed by atoms with Crippen LogP contribution in [0.25, 0.3) is 12.2 Å². The number of aliphatic carboxylic acids is 1. The normalized spacial score (nSPS) is 18.0. The lowest BCUT2D eigenvalue weighted by atomic mass is 10.1. The SMILES string of the molecule is COc1cc(/C=C2\SC(=S)N(CCCCC(C(=O)O)N3C(=O)/C(=C/c4ccc(O)c(OC)c4)SC3=S)C2=O)ccc1O. The van der Waals surface area contributed by atoms with Gasteiger partial charge in [-0.25, -0.2) is 4.79 Å². The highest BCUT2D eigenvalue weighted by Crippen LogP contribution is 2.37. The number of benzene rings is 2. The van der Waals surface area contributed by atoms with Gasteiger partial charge in [0.05, 0.1) is 24.0 Å². The van der Waals surface area contributed by atoms with Gasteiger partial charge in [-0.15, -0.1) is 0 Å². The average Bonchev–Trinajstić information content (AvgIpc) is 3.38. The van der Waals surface area contributed by atoms with Gasteiger partial charge in [0, 0.05) is 6.54 Å². The number of carboxylic acids is 1. The molecule has 2 fully saturated rings. The first kappa shape index (κ1) is 31.3. The number of thiocarbonyl (C=S) groups is 2. The zero-order valence-electron chi connectivity index (χ0n) is 22.4. The molecular formula is C28H26N2O8S4. The van der Waals surface area contributed by atoms with Crippen LogP contribution in [0, 0.1) is 0 Å². The Bertz CT molecular complexity index is 1520. The van der Waals surface area contributed by atoms with Gasteiger partial charge < -0.3 is 24.8 Å². The number of carboxylic acid groups (broad SMARTS) is 1. The molecule has 2 aromatic rings. The third-order valence-electron chi connectivity index (χ3n) is 6.41. The maximum absolute atomic E-state index is 13.2. The molecular weight excluding hydrogens is 621 g/mol. The van der Waals surface area contributed by atoms with Crippen molar-refractivity contribution in [1.29, 1.82) is 0 Å². The van der Waals surface area contributed by atoms with E-state index in [-0.39, 0.29) is 51.1 Å². The molecule has 4 rings (SSSR count). The van der Waals surface area contributed by atoms with Crippen molar-refractivity contribution in [2.24, 2.45) is 0 Å². The minimum atomic E-state index is -1.18. The lowest BCUT2D eigenvalue weighted by molar-refractivity contribution is -0.145. The van der Waals surface area contributed by atoms with E-state index in [1.54, 1.807) is 36.4 Å². The van der Waals surface area contributed by atoms with Gasteiger partial charge in [0.1, 0.15) is 14.7 Å². The molecule has 1 unspecified atom stereocenters. The second kappa shape index (κ2) is 13.6. The number of nitrogens with zero attached hydrogens (tertiary/aromatic N) is 2. The Hall–Kier alpha value is -3.59. The minimum Gasteiger partial charge on any atom is -0.504 e. The zero-order valence-corrected chi connectivity index (χ0v) is 25.7. The molecule has 1 atom stereocenters. The van der Waals surface area contributed by atoms with Gasteiger partial charge in [0.25, 0.3) is 11.8 Å². The van der Waals surface area contributed by atoms with E-state index in [9.17, 15) is 29.7 Å². The number of methoxy groups -OCH3 is 2. The summed E-state index contributed by atoms with van der Waals surface area (Å²) in [7, 11) is 2.84. The summed E-state index contributed by atoms with van der Waals surface area (Å²) in [5, 5.41) is 29.5. The molecule has 0 spiro atoms. The number of amides is 2. The summed E-state index contributed by atoms with van der Waals surface area (Å²) in [6.07, 6.45) is 4.21. The van der Waals surface area contributed by atoms with E-state index in [1.807, 2.05) is 0 Å². The van der Waals surface area contributed by atoms with Crippen LogP contribution < -0.4 is 9.47 Å². The van der Waals surface area contributed by atoms with Crippen LogP contribution in [0.2, 0.25) is 0 Å². The fourth-order valence-electron chi connectivity index (χ4n) is 4.28. The number of aromatic hydroxyl groups is 2. The molecule has 0 saturated carbocycles.